The van der Waals surface area contributed by atoms with Gasteiger partial charge in [0.05, 0.1) is 6.54 Å². The quantitative estimate of drug-likeness (QED) is 0.345. The SMILES string of the molecule is Cc1ccc(NCc2cccn2-c2nnc(N3CCC(C(=O)NCCc4ccccc4)CC3)s2)cc1. The molecule has 36 heavy (non-hydrogen) atoms. The van der Waals surface area contributed by atoms with Crippen LogP contribution in [0.15, 0.2) is 72.9 Å². The number of hydrogen-bond acceptors (Lipinski definition) is 6. The van der Waals surface area contributed by atoms with E-state index in [1.54, 1.807) is 11.3 Å². The van der Waals surface area contributed by atoms with Gasteiger partial charge in [-0.1, -0.05) is 59.4 Å². The Labute approximate surface area is 216 Å². The molecule has 1 aliphatic heterocycles. The number of nitrogens with zero attached hydrogens (tertiary/aromatic N) is 4. The summed E-state index contributed by atoms with van der Waals surface area (Å²) in [4.78, 5) is 14.9. The fourth-order valence-corrected chi connectivity index (χ4v) is 5.41. The lowest BCUT2D eigenvalue weighted by Crippen LogP contribution is -2.41. The molecular formula is C28H32N6OS. The van der Waals surface area contributed by atoms with Crippen LogP contribution in [-0.4, -0.2) is 40.3 Å². The lowest BCUT2D eigenvalue weighted by atomic mass is 9.96. The summed E-state index contributed by atoms with van der Waals surface area (Å²) >= 11 is 1.59. The summed E-state index contributed by atoms with van der Waals surface area (Å²) in [7, 11) is 0. The highest BCUT2D eigenvalue weighted by Crippen LogP contribution is 2.28. The molecule has 0 saturated carbocycles. The van der Waals surface area contributed by atoms with Gasteiger partial charge in [0.25, 0.3) is 0 Å². The molecule has 1 fully saturated rings. The number of anilines is 2. The molecule has 0 bridgehead atoms. The summed E-state index contributed by atoms with van der Waals surface area (Å²) in [5.74, 6) is 0.231. The van der Waals surface area contributed by atoms with Gasteiger partial charge in [-0.25, -0.2) is 0 Å². The highest BCUT2D eigenvalue weighted by atomic mass is 32.1. The highest BCUT2D eigenvalue weighted by molar-refractivity contribution is 7.17. The van der Waals surface area contributed by atoms with Crippen LogP contribution < -0.4 is 15.5 Å². The van der Waals surface area contributed by atoms with Crippen LogP contribution >= 0.6 is 11.3 Å². The van der Waals surface area contributed by atoms with Crippen molar-refractivity contribution in [1.29, 1.82) is 0 Å². The Kier molecular flexibility index (Phi) is 7.61. The summed E-state index contributed by atoms with van der Waals surface area (Å²) in [6.45, 7) is 5.11. The molecule has 0 spiro atoms. The van der Waals surface area contributed by atoms with E-state index in [-0.39, 0.29) is 11.8 Å². The molecule has 1 amide bonds. The molecule has 186 valence electrons. The van der Waals surface area contributed by atoms with Crippen LogP contribution in [0.2, 0.25) is 0 Å². The van der Waals surface area contributed by atoms with Crippen LogP contribution in [0.4, 0.5) is 10.8 Å². The first kappa shape index (κ1) is 24.1. The second-order valence-electron chi connectivity index (χ2n) is 9.24. The lowest BCUT2D eigenvalue weighted by molar-refractivity contribution is -0.125. The number of piperidine rings is 1. The van der Waals surface area contributed by atoms with Crippen molar-refractivity contribution < 1.29 is 4.79 Å². The van der Waals surface area contributed by atoms with Crippen LogP contribution in [0.1, 0.15) is 29.7 Å². The zero-order valence-electron chi connectivity index (χ0n) is 20.6. The second-order valence-corrected chi connectivity index (χ2v) is 10.2. The van der Waals surface area contributed by atoms with Gasteiger partial charge in [-0.05, 0) is 56.0 Å². The number of rotatable bonds is 9. The van der Waals surface area contributed by atoms with Crippen LogP contribution in [0.3, 0.4) is 0 Å². The topological polar surface area (TPSA) is 75.1 Å². The predicted molar refractivity (Wildman–Crippen MR) is 146 cm³/mol. The molecular weight excluding hydrogens is 468 g/mol. The van der Waals surface area contributed by atoms with Crippen molar-refractivity contribution in [2.75, 3.05) is 29.9 Å². The van der Waals surface area contributed by atoms with Gasteiger partial charge < -0.3 is 15.5 Å². The molecule has 0 aliphatic carbocycles. The summed E-state index contributed by atoms with van der Waals surface area (Å²) in [5.41, 5.74) is 4.72. The maximum atomic E-state index is 12.6. The van der Waals surface area contributed by atoms with Gasteiger partial charge in [-0.3, -0.25) is 9.36 Å². The van der Waals surface area contributed by atoms with Crippen molar-refractivity contribution in [2.45, 2.75) is 32.7 Å². The first-order valence-corrected chi connectivity index (χ1v) is 13.3. The van der Waals surface area contributed by atoms with E-state index < -0.39 is 0 Å². The van der Waals surface area contributed by atoms with E-state index in [0.29, 0.717) is 13.1 Å². The Bertz CT molecular complexity index is 1260. The van der Waals surface area contributed by atoms with E-state index >= 15 is 0 Å². The number of aryl methyl sites for hydroxylation is 1. The lowest BCUT2D eigenvalue weighted by Gasteiger charge is -2.30. The summed E-state index contributed by atoms with van der Waals surface area (Å²) in [6, 6.07) is 22.8. The van der Waals surface area contributed by atoms with Crippen LogP contribution in [0.25, 0.3) is 5.13 Å². The minimum absolute atomic E-state index is 0.0633. The zero-order valence-corrected chi connectivity index (χ0v) is 21.4. The van der Waals surface area contributed by atoms with Crippen molar-refractivity contribution in [1.82, 2.24) is 20.1 Å². The average Bonchev–Trinajstić information content (AvgIpc) is 3.59. The molecule has 8 heteroatoms. The minimum atomic E-state index is 0.0633. The van der Waals surface area contributed by atoms with Crippen molar-refractivity contribution in [3.8, 4) is 5.13 Å². The monoisotopic (exact) mass is 500 g/mol. The second kappa shape index (κ2) is 11.4. The molecule has 2 aromatic carbocycles. The first-order valence-electron chi connectivity index (χ1n) is 12.5. The predicted octanol–water partition coefficient (Wildman–Crippen LogP) is 4.82. The average molecular weight is 501 g/mol. The molecule has 5 rings (SSSR count). The van der Waals surface area contributed by atoms with E-state index in [1.807, 2.05) is 30.5 Å². The number of hydrogen-bond donors (Lipinski definition) is 2. The number of nitrogens with one attached hydrogen (secondary N) is 2. The Morgan fingerprint density at radius 1 is 0.972 bits per heavy atom. The van der Waals surface area contributed by atoms with Gasteiger partial charge in [0.2, 0.25) is 16.2 Å². The number of aromatic nitrogens is 3. The van der Waals surface area contributed by atoms with Gasteiger partial charge in [0.15, 0.2) is 0 Å². The Morgan fingerprint density at radius 2 is 1.72 bits per heavy atom. The molecule has 0 atom stereocenters. The van der Waals surface area contributed by atoms with E-state index in [1.165, 1.54) is 11.1 Å². The van der Waals surface area contributed by atoms with Crippen molar-refractivity contribution in [3.05, 3.63) is 89.7 Å². The van der Waals surface area contributed by atoms with Gasteiger partial charge in [0.1, 0.15) is 0 Å². The van der Waals surface area contributed by atoms with Gasteiger partial charge in [0, 0.05) is 43.1 Å². The normalized spacial score (nSPS) is 14.1. The van der Waals surface area contributed by atoms with E-state index in [2.05, 4.69) is 79.7 Å². The third-order valence-corrected chi connectivity index (χ3v) is 7.64. The summed E-state index contributed by atoms with van der Waals surface area (Å²) < 4.78 is 2.09. The van der Waals surface area contributed by atoms with Crippen LogP contribution in [-0.2, 0) is 17.8 Å². The van der Waals surface area contributed by atoms with Gasteiger partial charge in [-0.15, -0.1) is 10.2 Å². The Morgan fingerprint density at radius 3 is 2.50 bits per heavy atom. The fourth-order valence-electron chi connectivity index (χ4n) is 4.50. The molecule has 1 aliphatic rings. The third-order valence-electron chi connectivity index (χ3n) is 6.66. The van der Waals surface area contributed by atoms with Crippen molar-refractivity contribution >= 4 is 28.1 Å². The number of carbonyl (C=O) groups excluding carboxylic acids is 1. The van der Waals surface area contributed by atoms with Crippen molar-refractivity contribution in [2.24, 2.45) is 5.92 Å². The molecule has 0 unspecified atom stereocenters. The number of benzene rings is 2. The number of amides is 1. The van der Waals surface area contributed by atoms with E-state index in [9.17, 15) is 4.79 Å². The largest absolute Gasteiger partial charge is 0.379 e. The molecule has 2 aromatic heterocycles. The summed E-state index contributed by atoms with van der Waals surface area (Å²) in [5, 5.41) is 17.3. The maximum absolute atomic E-state index is 12.6. The molecule has 1 saturated heterocycles. The van der Waals surface area contributed by atoms with Crippen LogP contribution in [0, 0.1) is 12.8 Å². The Hall–Kier alpha value is -3.65. The number of carbonyl (C=O) groups is 1. The zero-order chi connectivity index (χ0) is 24.7. The first-order chi connectivity index (χ1) is 17.7. The smallest absolute Gasteiger partial charge is 0.223 e. The fraction of sp³-hybridized carbons (Fsp3) is 0.321. The molecule has 2 N–H and O–H groups in total. The molecule has 7 nitrogen and oxygen atoms in total. The van der Waals surface area contributed by atoms with E-state index in [0.717, 1.165) is 54.0 Å². The minimum Gasteiger partial charge on any atom is -0.379 e. The molecule has 3 heterocycles. The van der Waals surface area contributed by atoms with Crippen molar-refractivity contribution in [3.63, 3.8) is 0 Å². The maximum Gasteiger partial charge on any atom is 0.223 e. The summed E-state index contributed by atoms with van der Waals surface area (Å²) in [6.07, 6.45) is 4.56. The molecule has 0 radical (unpaired) electrons. The van der Waals surface area contributed by atoms with Crippen LogP contribution in [0.5, 0.6) is 0 Å². The van der Waals surface area contributed by atoms with Gasteiger partial charge in [-0.2, -0.15) is 0 Å². The third kappa shape index (κ3) is 5.94. The standard InChI is InChI=1S/C28H32N6OS/c1-21-9-11-24(12-10-21)30-20-25-8-5-17-34(25)28-32-31-27(36-28)33-18-14-23(15-19-33)26(35)29-16-13-22-6-3-2-4-7-22/h2-12,17,23,30H,13-16,18-20H2,1H3,(H,29,35). The van der Waals surface area contributed by atoms with E-state index in [4.69, 9.17) is 0 Å². The van der Waals surface area contributed by atoms with Gasteiger partial charge >= 0.3 is 0 Å². The highest BCUT2D eigenvalue weighted by Gasteiger charge is 2.26. The Balaban J connectivity index is 1.12. The molecule has 4 aromatic rings.